The van der Waals surface area contributed by atoms with Gasteiger partial charge in [-0.15, -0.1) is 0 Å². The highest BCUT2D eigenvalue weighted by Crippen LogP contribution is 2.30. The number of ether oxygens (including phenoxy) is 3. The molecule has 1 saturated heterocycles. The van der Waals surface area contributed by atoms with Gasteiger partial charge < -0.3 is 34.6 Å². The Hall–Kier alpha value is -4.40. The number of hydrogen-bond donors (Lipinski definition) is 2. The van der Waals surface area contributed by atoms with E-state index >= 15 is 0 Å². The Balaban J connectivity index is 2.27. The third-order valence-corrected chi connectivity index (χ3v) is 12.0. The van der Waals surface area contributed by atoms with Crippen molar-refractivity contribution in [2.75, 3.05) is 48.5 Å². The number of rotatable bonds is 24. The van der Waals surface area contributed by atoms with Crippen LogP contribution in [0.3, 0.4) is 0 Å². The molecule has 0 saturated carbocycles. The predicted molar refractivity (Wildman–Crippen MR) is 238 cm³/mol. The molecule has 14 heteroatoms. The van der Waals surface area contributed by atoms with Crippen LogP contribution >= 0.6 is 0 Å². The van der Waals surface area contributed by atoms with Crippen LogP contribution in [0.2, 0.25) is 0 Å². The van der Waals surface area contributed by atoms with E-state index in [0.717, 1.165) is 19.3 Å². The number of carbonyl (C=O) groups excluding carboxylic acids is 6. The first kappa shape index (κ1) is 52.7. The van der Waals surface area contributed by atoms with Gasteiger partial charge >= 0.3 is 5.97 Å². The van der Waals surface area contributed by atoms with E-state index < -0.39 is 48.3 Å². The van der Waals surface area contributed by atoms with Crippen molar-refractivity contribution in [1.82, 2.24) is 25.3 Å². The number of nitrogens with zero attached hydrogens (tertiary/aromatic N) is 3. The van der Waals surface area contributed by atoms with Gasteiger partial charge in [-0.3, -0.25) is 28.9 Å². The van der Waals surface area contributed by atoms with E-state index in [-0.39, 0.29) is 65.8 Å². The summed E-state index contributed by atoms with van der Waals surface area (Å²) in [6, 6.07) is 4.34. The molecular weight excluding hydrogens is 779 g/mol. The Morgan fingerprint density at radius 2 is 1.54 bits per heavy atom. The fourth-order valence-electron chi connectivity index (χ4n) is 8.37. The van der Waals surface area contributed by atoms with Crippen LogP contribution in [0.4, 0.5) is 0 Å². The highest BCUT2D eigenvalue weighted by Gasteiger charge is 2.42. The fraction of sp³-hybridized carbons (Fsp3) is 0.660. The molecule has 0 spiro atoms. The third kappa shape index (κ3) is 14.6. The maximum absolute atomic E-state index is 14.2. The molecule has 1 aliphatic heterocycles. The van der Waals surface area contributed by atoms with Crippen LogP contribution in [0.25, 0.3) is 0 Å². The predicted octanol–water partition coefficient (Wildman–Crippen LogP) is 5.45. The average molecular weight is 854 g/mol. The van der Waals surface area contributed by atoms with Crippen molar-refractivity contribution >= 4 is 35.4 Å². The zero-order chi connectivity index (χ0) is 46.1. The number of carbonyl (C=O) groups is 6. The number of nitrogens with one attached hydrogen (secondary N) is 2. The van der Waals surface area contributed by atoms with Crippen LogP contribution in [0.5, 0.6) is 0 Å². The normalized spacial score (nSPS) is 18.5. The van der Waals surface area contributed by atoms with Crippen molar-refractivity contribution in [3.05, 3.63) is 59.2 Å². The van der Waals surface area contributed by atoms with Gasteiger partial charge in [0, 0.05) is 33.4 Å². The SMILES string of the molecule is C/C=C(\C=C/CC)C(OC(=O)c1ccc(C(C)=O)cc1)C(C)NC(=O)C(C)C(OC)C1CCCN1C(=O)CC(OC)C(C(C)CC)N(C)C(=O)CNC(=O)C(C(C)C)N(C)C. The molecular formula is C47H75N5O9. The molecule has 2 rings (SSSR count). The Kier molecular flexibility index (Phi) is 22.1. The summed E-state index contributed by atoms with van der Waals surface area (Å²) in [7, 11) is 8.42. The second-order valence-corrected chi connectivity index (χ2v) is 16.9. The van der Waals surface area contributed by atoms with E-state index in [2.05, 4.69) is 10.6 Å². The van der Waals surface area contributed by atoms with Crippen LogP contribution < -0.4 is 10.6 Å². The molecule has 61 heavy (non-hydrogen) atoms. The monoisotopic (exact) mass is 854 g/mol. The molecule has 1 heterocycles. The molecule has 9 unspecified atom stereocenters. The van der Waals surface area contributed by atoms with Crippen LogP contribution in [-0.4, -0.2) is 141 Å². The number of hydrogen-bond acceptors (Lipinski definition) is 10. The van der Waals surface area contributed by atoms with Gasteiger partial charge in [0.1, 0.15) is 6.10 Å². The molecule has 1 aliphatic rings. The number of methoxy groups -OCH3 is 2. The summed E-state index contributed by atoms with van der Waals surface area (Å²) in [5.74, 6) is -2.41. The van der Waals surface area contributed by atoms with Crippen LogP contribution in [0, 0.1) is 17.8 Å². The topological polar surface area (TPSA) is 164 Å². The summed E-state index contributed by atoms with van der Waals surface area (Å²) in [4.78, 5) is 85.2. The lowest BCUT2D eigenvalue weighted by Crippen LogP contribution is -2.55. The number of allylic oxidation sites excluding steroid dienone is 2. The van der Waals surface area contributed by atoms with Gasteiger partial charge in [-0.1, -0.05) is 78.3 Å². The minimum Gasteiger partial charge on any atom is -0.452 e. The van der Waals surface area contributed by atoms with Crippen LogP contribution in [-0.2, 0) is 33.4 Å². The molecule has 4 amide bonds. The van der Waals surface area contributed by atoms with E-state index in [1.165, 1.54) is 21.1 Å². The fourth-order valence-corrected chi connectivity index (χ4v) is 8.37. The van der Waals surface area contributed by atoms with E-state index in [0.29, 0.717) is 24.1 Å². The van der Waals surface area contributed by atoms with Crippen molar-refractivity contribution in [2.45, 2.75) is 137 Å². The molecule has 0 radical (unpaired) electrons. The molecule has 14 nitrogen and oxygen atoms in total. The number of ketones is 1. The number of esters is 1. The summed E-state index contributed by atoms with van der Waals surface area (Å²) >= 11 is 0. The summed E-state index contributed by atoms with van der Waals surface area (Å²) in [5, 5.41) is 5.87. The molecule has 1 aromatic rings. The van der Waals surface area contributed by atoms with E-state index in [4.69, 9.17) is 14.2 Å². The smallest absolute Gasteiger partial charge is 0.338 e. The Labute approximate surface area is 365 Å². The Bertz CT molecular complexity index is 1670. The molecule has 1 fully saturated rings. The van der Waals surface area contributed by atoms with Crippen molar-refractivity contribution in [3.63, 3.8) is 0 Å². The summed E-state index contributed by atoms with van der Waals surface area (Å²) in [6.45, 7) is 17.1. The molecule has 0 aromatic heterocycles. The largest absolute Gasteiger partial charge is 0.452 e. The summed E-state index contributed by atoms with van der Waals surface area (Å²) in [6.07, 6.45) is 6.35. The van der Waals surface area contributed by atoms with Gasteiger partial charge in [0.2, 0.25) is 23.6 Å². The van der Waals surface area contributed by atoms with Crippen molar-refractivity contribution in [1.29, 1.82) is 0 Å². The first-order chi connectivity index (χ1) is 28.8. The van der Waals surface area contributed by atoms with Gasteiger partial charge in [0.15, 0.2) is 5.78 Å². The molecule has 0 aliphatic carbocycles. The maximum atomic E-state index is 14.2. The third-order valence-electron chi connectivity index (χ3n) is 12.0. The molecule has 0 bridgehead atoms. The lowest BCUT2D eigenvalue weighted by Gasteiger charge is -2.39. The maximum Gasteiger partial charge on any atom is 0.338 e. The first-order valence-electron chi connectivity index (χ1n) is 21.8. The second kappa shape index (κ2) is 25.5. The van der Waals surface area contributed by atoms with Gasteiger partial charge in [-0.05, 0) is 83.7 Å². The lowest BCUT2D eigenvalue weighted by atomic mass is 9.90. The zero-order valence-electron chi connectivity index (χ0n) is 39.3. The van der Waals surface area contributed by atoms with E-state index in [9.17, 15) is 28.8 Å². The van der Waals surface area contributed by atoms with Crippen molar-refractivity contribution in [2.24, 2.45) is 17.8 Å². The highest BCUT2D eigenvalue weighted by molar-refractivity contribution is 5.96. The zero-order valence-corrected chi connectivity index (χ0v) is 39.3. The Morgan fingerprint density at radius 3 is 2.05 bits per heavy atom. The minimum atomic E-state index is -0.838. The van der Waals surface area contributed by atoms with E-state index in [1.54, 1.807) is 55.0 Å². The standard InChI is InChI=1S/C47H75N5O9/c1-15-18-20-34(17-3)44(61-47(58)36-24-22-35(23-25-36)33(9)53)32(8)49-45(56)31(7)43(60-14)37-21-19-26-52(37)39(54)27-38(59-13)42(30(6)16-2)51(12)40(55)28-48-46(57)41(29(4)5)50(10)11/h17-18,20,22-25,29-32,37-38,41-44H,15-16,19,21,26-28H2,1-14H3,(H,48,57)(H,49,56)/b20-18-,34-17+. The second-order valence-electron chi connectivity index (χ2n) is 16.9. The van der Waals surface area contributed by atoms with E-state index in [1.807, 2.05) is 78.8 Å². The van der Waals surface area contributed by atoms with Crippen molar-refractivity contribution in [3.8, 4) is 0 Å². The number of Topliss-reactive ketones (excluding diaryl/α,β-unsaturated/α-hetero) is 1. The number of amides is 4. The molecule has 342 valence electrons. The first-order valence-corrected chi connectivity index (χ1v) is 21.8. The minimum absolute atomic E-state index is 0.00197. The number of benzene rings is 1. The lowest BCUT2D eigenvalue weighted by molar-refractivity contribution is -0.146. The summed E-state index contributed by atoms with van der Waals surface area (Å²) < 4.78 is 18.0. The van der Waals surface area contributed by atoms with Gasteiger partial charge in [0.05, 0.1) is 60.8 Å². The molecule has 1 aromatic carbocycles. The number of likely N-dealkylation sites (tertiary alicyclic amines) is 1. The van der Waals surface area contributed by atoms with Gasteiger partial charge in [-0.25, -0.2) is 4.79 Å². The van der Waals surface area contributed by atoms with Gasteiger partial charge in [0.25, 0.3) is 0 Å². The van der Waals surface area contributed by atoms with Gasteiger partial charge in [-0.2, -0.15) is 0 Å². The van der Waals surface area contributed by atoms with Crippen LogP contribution in [0.15, 0.2) is 48.1 Å². The van der Waals surface area contributed by atoms with Crippen molar-refractivity contribution < 1.29 is 43.0 Å². The molecule has 9 atom stereocenters. The summed E-state index contributed by atoms with van der Waals surface area (Å²) in [5.41, 5.74) is 1.46. The Morgan fingerprint density at radius 1 is 0.918 bits per heavy atom. The molecule has 2 N–H and O–H groups in total. The van der Waals surface area contributed by atoms with Crippen LogP contribution in [0.1, 0.15) is 115 Å². The highest BCUT2D eigenvalue weighted by atomic mass is 16.5. The number of likely N-dealkylation sites (N-methyl/N-ethyl adjacent to an activating group) is 2. The quantitative estimate of drug-likeness (QED) is 0.0777. The average Bonchev–Trinajstić information content (AvgIpc) is 3.71.